The molecule has 4 rings (SSSR count). The molecule has 0 radical (unpaired) electrons. The molecule has 164 valence electrons. The Morgan fingerprint density at radius 1 is 1.16 bits per heavy atom. The number of halogens is 2. The summed E-state index contributed by atoms with van der Waals surface area (Å²) in [5.41, 5.74) is 2.21. The number of hydrogen-bond donors (Lipinski definition) is 1. The van der Waals surface area contributed by atoms with Crippen LogP contribution in [0.5, 0.6) is 5.75 Å². The van der Waals surface area contributed by atoms with E-state index < -0.39 is 5.91 Å². The van der Waals surface area contributed by atoms with Crippen molar-refractivity contribution in [1.29, 1.82) is 0 Å². The van der Waals surface area contributed by atoms with E-state index in [-0.39, 0.29) is 24.7 Å². The Morgan fingerprint density at radius 3 is 2.75 bits per heavy atom. The first kappa shape index (κ1) is 21.6. The summed E-state index contributed by atoms with van der Waals surface area (Å²) in [5.74, 6) is 0.951. The molecular formula is C24H21ClFN3O3. The number of nitrogens with zero attached hydrogens (tertiary/aromatic N) is 2. The van der Waals surface area contributed by atoms with E-state index in [9.17, 15) is 9.18 Å². The quantitative estimate of drug-likeness (QED) is 0.386. The molecule has 0 saturated heterocycles. The van der Waals surface area contributed by atoms with E-state index in [0.717, 1.165) is 11.3 Å². The Kier molecular flexibility index (Phi) is 6.28. The molecule has 2 aromatic heterocycles. The Hall–Kier alpha value is -3.58. The van der Waals surface area contributed by atoms with Crippen molar-refractivity contribution in [2.45, 2.75) is 27.0 Å². The second kappa shape index (κ2) is 9.28. The van der Waals surface area contributed by atoms with Gasteiger partial charge in [-0.15, -0.1) is 0 Å². The molecule has 8 heteroatoms. The van der Waals surface area contributed by atoms with Crippen LogP contribution in [0, 0.1) is 19.7 Å². The number of ether oxygens (including phenoxy) is 1. The molecule has 2 heterocycles. The molecule has 2 aromatic carbocycles. The van der Waals surface area contributed by atoms with E-state index in [1.807, 2.05) is 19.9 Å². The van der Waals surface area contributed by atoms with Crippen molar-refractivity contribution in [3.05, 3.63) is 99.8 Å². The summed E-state index contributed by atoms with van der Waals surface area (Å²) in [6.07, 6.45) is 0. The van der Waals surface area contributed by atoms with Crippen LogP contribution in [0.4, 0.5) is 10.2 Å². The number of anilines is 1. The zero-order chi connectivity index (χ0) is 22.7. The summed E-state index contributed by atoms with van der Waals surface area (Å²) in [5, 5.41) is 7.70. The van der Waals surface area contributed by atoms with Gasteiger partial charge in [-0.3, -0.25) is 9.48 Å². The number of amides is 1. The van der Waals surface area contributed by atoms with Crippen LogP contribution < -0.4 is 10.1 Å². The minimum atomic E-state index is -0.436. The van der Waals surface area contributed by atoms with Crippen molar-refractivity contribution in [2.24, 2.45) is 0 Å². The number of hydrogen-bond acceptors (Lipinski definition) is 4. The van der Waals surface area contributed by atoms with Gasteiger partial charge in [0.15, 0.2) is 11.6 Å². The summed E-state index contributed by atoms with van der Waals surface area (Å²) in [6.45, 7) is 4.17. The predicted molar refractivity (Wildman–Crippen MR) is 120 cm³/mol. The second-order valence-corrected chi connectivity index (χ2v) is 7.78. The topological polar surface area (TPSA) is 69.3 Å². The number of aryl methyl sites for hydroxylation is 2. The van der Waals surface area contributed by atoms with E-state index in [2.05, 4.69) is 10.4 Å². The molecule has 0 saturated carbocycles. The Bertz CT molecular complexity index is 1270. The van der Waals surface area contributed by atoms with Crippen molar-refractivity contribution in [3.8, 4) is 5.75 Å². The third-order valence-corrected chi connectivity index (χ3v) is 5.13. The van der Waals surface area contributed by atoms with Gasteiger partial charge in [0.2, 0.25) is 0 Å². The van der Waals surface area contributed by atoms with E-state index in [1.165, 1.54) is 6.07 Å². The summed E-state index contributed by atoms with van der Waals surface area (Å²) >= 11 is 5.96. The lowest BCUT2D eigenvalue weighted by Gasteiger charge is -2.07. The normalized spacial score (nSPS) is 10.9. The standard InChI is InChI=1S/C24H21ClFN3O3/c1-15-11-18(25)7-9-21(15)31-14-19-8-10-22(32-19)24(30)27-23-12-16(2)29(28-23)13-17-5-3-4-6-20(17)26/h3-12H,13-14H2,1-2H3,(H,27,28,30). The van der Waals surface area contributed by atoms with E-state index in [0.29, 0.717) is 27.9 Å². The van der Waals surface area contributed by atoms with Gasteiger partial charge < -0.3 is 14.5 Å². The number of furan rings is 1. The highest BCUT2D eigenvalue weighted by molar-refractivity contribution is 6.30. The fourth-order valence-corrected chi connectivity index (χ4v) is 3.43. The highest BCUT2D eigenvalue weighted by Crippen LogP contribution is 2.23. The van der Waals surface area contributed by atoms with E-state index in [4.69, 9.17) is 20.8 Å². The fraction of sp³-hybridized carbons (Fsp3) is 0.167. The Morgan fingerprint density at radius 2 is 1.97 bits per heavy atom. The molecule has 0 unspecified atom stereocenters. The van der Waals surface area contributed by atoms with Gasteiger partial charge in [-0.25, -0.2) is 4.39 Å². The molecule has 4 aromatic rings. The maximum absolute atomic E-state index is 13.9. The van der Waals surface area contributed by atoms with Gasteiger partial charge in [0, 0.05) is 22.3 Å². The van der Waals surface area contributed by atoms with Crippen molar-refractivity contribution < 1.29 is 18.3 Å². The van der Waals surface area contributed by atoms with Crippen LogP contribution in [0.2, 0.25) is 5.02 Å². The highest BCUT2D eigenvalue weighted by atomic mass is 35.5. The second-order valence-electron chi connectivity index (χ2n) is 7.34. The number of carbonyl (C=O) groups excluding carboxylic acids is 1. The largest absolute Gasteiger partial charge is 0.485 e. The van der Waals surface area contributed by atoms with Gasteiger partial charge in [0.25, 0.3) is 5.91 Å². The van der Waals surface area contributed by atoms with Crippen molar-refractivity contribution in [2.75, 3.05) is 5.32 Å². The molecule has 0 bridgehead atoms. The number of benzene rings is 2. The van der Waals surface area contributed by atoms with Crippen molar-refractivity contribution >= 4 is 23.3 Å². The molecular weight excluding hydrogens is 433 g/mol. The summed E-state index contributed by atoms with van der Waals surface area (Å²) in [6, 6.07) is 16.8. The number of aromatic nitrogens is 2. The first-order valence-corrected chi connectivity index (χ1v) is 10.3. The average molecular weight is 454 g/mol. The third-order valence-electron chi connectivity index (χ3n) is 4.89. The molecule has 0 aliphatic carbocycles. The molecule has 1 amide bonds. The molecule has 0 fully saturated rings. The predicted octanol–water partition coefficient (Wildman–Crippen LogP) is 5.77. The van der Waals surface area contributed by atoms with Gasteiger partial charge in [0.05, 0.1) is 6.54 Å². The minimum Gasteiger partial charge on any atom is -0.485 e. The summed E-state index contributed by atoms with van der Waals surface area (Å²) in [4.78, 5) is 12.6. The van der Waals surface area contributed by atoms with Crippen LogP contribution in [-0.4, -0.2) is 15.7 Å². The zero-order valence-corrected chi connectivity index (χ0v) is 18.3. The molecule has 6 nitrogen and oxygen atoms in total. The number of carbonyl (C=O) groups is 1. The maximum atomic E-state index is 13.9. The van der Waals surface area contributed by atoms with Crippen molar-refractivity contribution in [1.82, 2.24) is 9.78 Å². The van der Waals surface area contributed by atoms with E-state index in [1.54, 1.807) is 53.2 Å². The van der Waals surface area contributed by atoms with Crippen LogP contribution in [0.25, 0.3) is 0 Å². The number of rotatable bonds is 7. The van der Waals surface area contributed by atoms with Gasteiger partial charge in [-0.05, 0) is 55.8 Å². The van der Waals surface area contributed by atoms with Gasteiger partial charge in [-0.1, -0.05) is 29.8 Å². The fourth-order valence-electron chi connectivity index (χ4n) is 3.20. The zero-order valence-electron chi connectivity index (χ0n) is 17.6. The monoisotopic (exact) mass is 453 g/mol. The minimum absolute atomic E-state index is 0.137. The third kappa shape index (κ3) is 5.00. The van der Waals surface area contributed by atoms with Crippen LogP contribution in [0.1, 0.15) is 33.1 Å². The Labute approximate surface area is 189 Å². The van der Waals surface area contributed by atoms with Crippen LogP contribution in [0.15, 0.2) is 65.1 Å². The SMILES string of the molecule is Cc1cc(Cl)ccc1OCc1ccc(C(=O)Nc2cc(C)n(Cc3ccccc3F)n2)o1. The summed E-state index contributed by atoms with van der Waals surface area (Å²) in [7, 11) is 0. The first-order valence-electron chi connectivity index (χ1n) is 9.96. The first-order chi connectivity index (χ1) is 15.4. The highest BCUT2D eigenvalue weighted by Gasteiger charge is 2.15. The van der Waals surface area contributed by atoms with Crippen molar-refractivity contribution in [3.63, 3.8) is 0 Å². The molecule has 0 spiro atoms. The molecule has 0 atom stereocenters. The van der Waals surface area contributed by atoms with Crippen LogP contribution in [0.3, 0.4) is 0 Å². The van der Waals surface area contributed by atoms with Gasteiger partial charge in [-0.2, -0.15) is 5.10 Å². The molecule has 32 heavy (non-hydrogen) atoms. The average Bonchev–Trinajstić information content (AvgIpc) is 3.36. The van der Waals surface area contributed by atoms with Gasteiger partial charge >= 0.3 is 0 Å². The number of nitrogens with one attached hydrogen (secondary N) is 1. The smallest absolute Gasteiger partial charge is 0.292 e. The Balaban J connectivity index is 1.38. The molecule has 0 aliphatic rings. The molecule has 1 N–H and O–H groups in total. The van der Waals surface area contributed by atoms with E-state index >= 15 is 0 Å². The lowest BCUT2D eigenvalue weighted by Crippen LogP contribution is -2.12. The lowest BCUT2D eigenvalue weighted by molar-refractivity contribution is 0.0992. The van der Waals surface area contributed by atoms with Gasteiger partial charge in [0.1, 0.15) is 23.9 Å². The summed E-state index contributed by atoms with van der Waals surface area (Å²) < 4.78 is 26.9. The van der Waals surface area contributed by atoms with Crippen LogP contribution >= 0.6 is 11.6 Å². The molecule has 0 aliphatic heterocycles. The lowest BCUT2D eigenvalue weighted by atomic mass is 10.2. The maximum Gasteiger partial charge on any atom is 0.292 e. The van der Waals surface area contributed by atoms with Crippen LogP contribution in [-0.2, 0) is 13.2 Å².